The van der Waals surface area contributed by atoms with Gasteiger partial charge in [-0.05, 0) is 6.42 Å². The van der Waals surface area contributed by atoms with Crippen LogP contribution in [0.4, 0.5) is 0 Å². The molecule has 0 atom stereocenters. The smallest absolute Gasteiger partial charge is 0.239 e. The van der Waals surface area contributed by atoms with Crippen molar-refractivity contribution >= 4 is 17.7 Å². The third-order valence-corrected chi connectivity index (χ3v) is 1.75. The van der Waals surface area contributed by atoms with Crippen LogP contribution in [0.1, 0.15) is 33.6 Å². The fraction of sp³-hybridized carbons (Fsp3) is 0.857. The van der Waals surface area contributed by atoms with E-state index < -0.39 is 0 Å². The van der Waals surface area contributed by atoms with Gasteiger partial charge < -0.3 is 0 Å². The Morgan fingerprint density at radius 2 is 2.10 bits per heavy atom. The predicted octanol–water partition coefficient (Wildman–Crippen LogP) is 2.08. The van der Waals surface area contributed by atoms with Crippen LogP contribution in [-0.4, -0.2) is 5.91 Å². The van der Waals surface area contributed by atoms with Crippen LogP contribution in [0.15, 0.2) is 0 Å². The van der Waals surface area contributed by atoms with Crippen LogP contribution >= 0.6 is 11.8 Å². The summed E-state index contributed by atoms with van der Waals surface area (Å²) in [6.07, 6.45) is 1.86. The molecule has 0 unspecified atom stereocenters. The van der Waals surface area contributed by atoms with E-state index in [0.29, 0.717) is 0 Å². The minimum absolute atomic E-state index is 0.101. The SMILES string of the molecule is CCCC(C)(C)C(=O)NCl. The first-order valence-corrected chi connectivity index (χ1v) is 3.83. The number of nitrogens with one attached hydrogen (secondary N) is 1. The fourth-order valence-corrected chi connectivity index (χ4v) is 1.12. The summed E-state index contributed by atoms with van der Waals surface area (Å²) in [5.41, 5.74) is -0.323. The van der Waals surface area contributed by atoms with E-state index in [1.54, 1.807) is 0 Å². The molecule has 60 valence electrons. The van der Waals surface area contributed by atoms with Crippen LogP contribution in [0.2, 0.25) is 0 Å². The molecule has 0 aliphatic rings. The van der Waals surface area contributed by atoms with Gasteiger partial charge in [0.2, 0.25) is 5.91 Å². The normalized spacial score (nSPS) is 11.2. The van der Waals surface area contributed by atoms with Crippen molar-refractivity contribution < 1.29 is 4.79 Å². The van der Waals surface area contributed by atoms with Crippen LogP contribution in [0.25, 0.3) is 0 Å². The first-order valence-electron chi connectivity index (χ1n) is 3.45. The van der Waals surface area contributed by atoms with Crippen molar-refractivity contribution in [2.45, 2.75) is 33.6 Å². The molecule has 0 fully saturated rings. The van der Waals surface area contributed by atoms with E-state index in [2.05, 4.69) is 4.84 Å². The second-order valence-electron chi connectivity index (χ2n) is 3.06. The molecule has 1 N–H and O–H groups in total. The lowest BCUT2D eigenvalue weighted by Gasteiger charge is -2.20. The maximum absolute atomic E-state index is 11.0. The van der Waals surface area contributed by atoms with E-state index >= 15 is 0 Å². The van der Waals surface area contributed by atoms with Gasteiger partial charge in [0, 0.05) is 17.2 Å². The molecule has 2 nitrogen and oxygen atoms in total. The van der Waals surface area contributed by atoms with Crippen LogP contribution in [0.5, 0.6) is 0 Å². The van der Waals surface area contributed by atoms with E-state index in [0.717, 1.165) is 12.8 Å². The Morgan fingerprint density at radius 1 is 1.60 bits per heavy atom. The monoisotopic (exact) mass is 163 g/mol. The van der Waals surface area contributed by atoms with E-state index in [1.165, 1.54) is 0 Å². The first-order chi connectivity index (χ1) is 4.54. The zero-order chi connectivity index (χ0) is 8.20. The van der Waals surface area contributed by atoms with Crippen molar-refractivity contribution in [2.24, 2.45) is 5.41 Å². The molecule has 0 radical (unpaired) electrons. The first kappa shape index (κ1) is 9.76. The summed E-state index contributed by atoms with van der Waals surface area (Å²) in [5, 5.41) is 0. The van der Waals surface area contributed by atoms with Gasteiger partial charge in [0.1, 0.15) is 0 Å². The van der Waals surface area contributed by atoms with Gasteiger partial charge in [0.05, 0.1) is 0 Å². The van der Waals surface area contributed by atoms with E-state index in [1.807, 2.05) is 20.8 Å². The molecule has 0 aliphatic carbocycles. The van der Waals surface area contributed by atoms with Gasteiger partial charge in [-0.15, -0.1) is 0 Å². The van der Waals surface area contributed by atoms with E-state index in [4.69, 9.17) is 11.8 Å². The Bertz CT molecular complexity index is 123. The number of rotatable bonds is 3. The average molecular weight is 164 g/mol. The summed E-state index contributed by atoms with van der Waals surface area (Å²) in [5.74, 6) is -0.101. The molecule has 0 aromatic heterocycles. The summed E-state index contributed by atoms with van der Waals surface area (Å²) in [6.45, 7) is 5.81. The molecule has 0 heterocycles. The van der Waals surface area contributed by atoms with Crippen LogP contribution in [0, 0.1) is 5.41 Å². The standard InChI is InChI=1S/C7H14ClNO/c1-4-5-7(2,3)6(10)9-8/h4-5H2,1-3H3,(H,9,10). The summed E-state index contributed by atoms with van der Waals surface area (Å²) in [7, 11) is 0. The van der Waals surface area contributed by atoms with Gasteiger partial charge in [-0.25, -0.2) is 0 Å². The quantitative estimate of drug-likeness (QED) is 0.635. The number of amides is 1. The topological polar surface area (TPSA) is 29.1 Å². The maximum atomic E-state index is 11.0. The Kier molecular flexibility index (Phi) is 3.72. The molecule has 3 heteroatoms. The minimum Gasteiger partial charge on any atom is -0.273 e. The van der Waals surface area contributed by atoms with Crippen molar-refractivity contribution in [1.82, 2.24) is 4.84 Å². The molecule has 0 aliphatic heterocycles. The van der Waals surface area contributed by atoms with Crippen LogP contribution in [0.3, 0.4) is 0 Å². The largest absolute Gasteiger partial charge is 0.273 e. The summed E-state index contributed by atoms with van der Waals surface area (Å²) in [4.78, 5) is 13.1. The lowest BCUT2D eigenvalue weighted by molar-refractivity contribution is -0.127. The zero-order valence-electron chi connectivity index (χ0n) is 6.70. The van der Waals surface area contributed by atoms with E-state index in [9.17, 15) is 4.79 Å². The third-order valence-electron chi connectivity index (χ3n) is 1.58. The summed E-state index contributed by atoms with van der Waals surface area (Å²) >= 11 is 5.17. The molecule has 0 aromatic carbocycles. The van der Waals surface area contributed by atoms with Gasteiger partial charge in [0.25, 0.3) is 0 Å². The molecule has 0 saturated carbocycles. The second kappa shape index (κ2) is 3.81. The third kappa shape index (κ3) is 2.56. The Labute approximate surface area is 67.1 Å². The maximum Gasteiger partial charge on any atom is 0.239 e. The summed E-state index contributed by atoms with van der Waals surface area (Å²) < 4.78 is 0. The number of carbonyl (C=O) groups excluding carboxylic acids is 1. The molecule has 10 heavy (non-hydrogen) atoms. The van der Waals surface area contributed by atoms with E-state index in [-0.39, 0.29) is 11.3 Å². The van der Waals surface area contributed by atoms with Gasteiger partial charge in [-0.1, -0.05) is 27.2 Å². The van der Waals surface area contributed by atoms with Crippen molar-refractivity contribution in [3.05, 3.63) is 0 Å². The lowest BCUT2D eigenvalue weighted by Crippen LogP contribution is -2.31. The molecule has 0 aromatic rings. The van der Waals surface area contributed by atoms with Gasteiger partial charge >= 0.3 is 0 Å². The number of carbonyl (C=O) groups is 1. The summed E-state index contributed by atoms with van der Waals surface area (Å²) in [6, 6.07) is 0. The lowest BCUT2D eigenvalue weighted by atomic mass is 9.87. The van der Waals surface area contributed by atoms with Gasteiger partial charge in [0.15, 0.2) is 0 Å². The Hall–Kier alpha value is -0.240. The number of hydrogen-bond donors (Lipinski definition) is 1. The molecule has 0 spiro atoms. The highest BCUT2D eigenvalue weighted by Gasteiger charge is 2.25. The van der Waals surface area contributed by atoms with Gasteiger partial charge in [-0.3, -0.25) is 9.63 Å². The molecule has 0 bridgehead atoms. The van der Waals surface area contributed by atoms with Crippen molar-refractivity contribution in [2.75, 3.05) is 0 Å². The van der Waals surface area contributed by atoms with Crippen molar-refractivity contribution in [3.63, 3.8) is 0 Å². The zero-order valence-corrected chi connectivity index (χ0v) is 7.46. The second-order valence-corrected chi connectivity index (χ2v) is 3.25. The molecular weight excluding hydrogens is 150 g/mol. The Balaban J connectivity index is 3.96. The molecule has 0 rings (SSSR count). The Morgan fingerprint density at radius 3 is 2.40 bits per heavy atom. The molecular formula is C7H14ClNO. The predicted molar refractivity (Wildman–Crippen MR) is 42.7 cm³/mol. The average Bonchev–Trinajstić information content (AvgIpc) is 1.86. The number of halogens is 1. The van der Waals surface area contributed by atoms with Crippen molar-refractivity contribution in [3.8, 4) is 0 Å². The number of hydrogen-bond acceptors (Lipinski definition) is 1. The van der Waals surface area contributed by atoms with Crippen LogP contribution in [-0.2, 0) is 4.79 Å². The highest BCUT2D eigenvalue weighted by Crippen LogP contribution is 2.21. The fourth-order valence-electron chi connectivity index (χ4n) is 0.866. The van der Waals surface area contributed by atoms with Gasteiger partial charge in [-0.2, -0.15) is 0 Å². The highest BCUT2D eigenvalue weighted by atomic mass is 35.5. The van der Waals surface area contributed by atoms with Crippen molar-refractivity contribution in [1.29, 1.82) is 0 Å². The molecule has 1 amide bonds. The van der Waals surface area contributed by atoms with Crippen LogP contribution < -0.4 is 4.84 Å². The molecule has 0 saturated heterocycles. The highest BCUT2D eigenvalue weighted by molar-refractivity contribution is 6.22. The minimum atomic E-state index is -0.323.